The van der Waals surface area contributed by atoms with Crippen molar-refractivity contribution in [1.29, 1.82) is 0 Å². The standard InChI is InChI=1S/C28H42N6O/c1-18(2)25(32-17-23(29)28(3,4)5)19-11-13-21(14-12-19)34-26(30)24-22(15-16-31-27(24)35)33-20-9-7-6-8-10-20/h11-18,20,25,32H,6-10,29H2,1-5H3,(H2,30,34)(H2,31,33,35)/b23-17-. The molecule has 3 rings (SSSR count). The van der Waals surface area contributed by atoms with Crippen molar-refractivity contribution in [2.24, 2.45) is 27.8 Å². The van der Waals surface area contributed by atoms with E-state index in [1.54, 1.807) is 6.20 Å². The second-order valence-electron chi connectivity index (χ2n) is 10.9. The van der Waals surface area contributed by atoms with E-state index < -0.39 is 0 Å². The zero-order chi connectivity index (χ0) is 25.6. The fraction of sp³-hybridized carbons (Fsp3) is 0.500. The van der Waals surface area contributed by atoms with E-state index in [0.29, 0.717) is 23.2 Å². The molecule has 1 aromatic heterocycles. The molecule has 7 nitrogen and oxygen atoms in total. The highest BCUT2D eigenvalue weighted by atomic mass is 16.1. The number of aromatic amines is 1. The highest BCUT2D eigenvalue weighted by Crippen LogP contribution is 2.27. The summed E-state index contributed by atoms with van der Waals surface area (Å²) in [6, 6.07) is 10.3. The van der Waals surface area contributed by atoms with E-state index in [9.17, 15) is 4.79 Å². The molecule has 7 N–H and O–H groups in total. The number of nitrogens with zero attached hydrogens (tertiary/aromatic N) is 1. The lowest BCUT2D eigenvalue weighted by atomic mass is 9.92. The minimum atomic E-state index is -0.240. The van der Waals surface area contributed by atoms with Crippen LogP contribution in [0.5, 0.6) is 0 Å². The second kappa shape index (κ2) is 11.5. The van der Waals surface area contributed by atoms with Crippen molar-refractivity contribution >= 4 is 17.2 Å². The van der Waals surface area contributed by atoms with Gasteiger partial charge in [-0.05, 0) is 42.5 Å². The van der Waals surface area contributed by atoms with Crippen LogP contribution in [-0.2, 0) is 0 Å². The number of hydrogen-bond acceptors (Lipinski definition) is 5. The number of nitrogens with two attached hydrogens (primary N) is 2. The van der Waals surface area contributed by atoms with Gasteiger partial charge in [0.25, 0.3) is 5.56 Å². The average molecular weight is 479 g/mol. The Hall–Kier alpha value is -3.22. The van der Waals surface area contributed by atoms with Gasteiger partial charge in [0.15, 0.2) is 0 Å². The van der Waals surface area contributed by atoms with Crippen LogP contribution in [0.25, 0.3) is 0 Å². The van der Waals surface area contributed by atoms with Crippen molar-refractivity contribution in [2.75, 3.05) is 5.32 Å². The Labute approximate surface area is 209 Å². The molecular weight excluding hydrogens is 436 g/mol. The molecule has 7 heteroatoms. The Morgan fingerprint density at radius 1 is 1.09 bits per heavy atom. The predicted molar refractivity (Wildman–Crippen MR) is 147 cm³/mol. The van der Waals surface area contributed by atoms with E-state index in [0.717, 1.165) is 29.8 Å². The summed E-state index contributed by atoms with van der Waals surface area (Å²) >= 11 is 0. The maximum Gasteiger partial charge on any atom is 0.261 e. The third-order valence-electron chi connectivity index (χ3n) is 6.63. The molecule has 1 heterocycles. The summed E-state index contributed by atoms with van der Waals surface area (Å²) in [5, 5.41) is 7.00. The Balaban J connectivity index is 1.81. The summed E-state index contributed by atoms with van der Waals surface area (Å²) in [6.45, 7) is 10.6. The molecule has 1 unspecified atom stereocenters. The lowest BCUT2D eigenvalue weighted by molar-refractivity contribution is 0.443. The fourth-order valence-corrected chi connectivity index (χ4v) is 4.34. The van der Waals surface area contributed by atoms with Crippen molar-refractivity contribution in [1.82, 2.24) is 10.3 Å². The van der Waals surface area contributed by atoms with Crippen molar-refractivity contribution in [3.63, 3.8) is 0 Å². The monoisotopic (exact) mass is 478 g/mol. The zero-order valence-electron chi connectivity index (χ0n) is 21.8. The molecule has 1 aromatic carbocycles. The highest BCUT2D eigenvalue weighted by Gasteiger charge is 2.19. The summed E-state index contributed by atoms with van der Waals surface area (Å²) in [5.41, 5.74) is 16.0. The normalized spacial score (nSPS) is 16.9. The van der Waals surface area contributed by atoms with Crippen LogP contribution in [0.4, 0.5) is 11.4 Å². The van der Waals surface area contributed by atoms with Gasteiger partial charge in [0.1, 0.15) is 11.4 Å². The highest BCUT2D eigenvalue weighted by molar-refractivity contribution is 6.03. The molecule has 1 atom stereocenters. The van der Waals surface area contributed by atoms with Crippen LogP contribution in [0, 0.1) is 11.3 Å². The number of aromatic nitrogens is 1. The quantitative estimate of drug-likeness (QED) is 0.261. The Bertz CT molecular complexity index is 1090. The molecule has 1 fully saturated rings. The predicted octanol–water partition coefficient (Wildman–Crippen LogP) is 5.29. The van der Waals surface area contributed by atoms with Crippen LogP contribution < -0.4 is 27.7 Å². The summed E-state index contributed by atoms with van der Waals surface area (Å²) in [7, 11) is 0. The van der Waals surface area contributed by atoms with Gasteiger partial charge in [-0.2, -0.15) is 0 Å². The SMILES string of the molecule is CC(C)C(N/C=C(\N)C(C)(C)C)c1ccc(N=C(N)c2c(NC3CCCCC3)cc[nH]c2=O)cc1. The van der Waals surface area contributed by atoms with Crippen molar-refractivity contribution in [2.45, 2.75) is 78.8 Å². The molecule has 0 radical (unpaired) electrons. The first kappa shape index (κ1) is 26.4. The van der Waals surface area contributed by atoms with Crippen LogP contribution >= 0.6 is 0 Å². The maximum atomic E-state index is 12.6. The van der Waals surface area contributed by atoms with Crippen LogP contribution in [0.2, 0.25) is 0 Å². The number of anilines is 1. The first-order valence-corrected chi connectivity index (χ1v) is 12.7. The number of benzene rings is 1. The van der Waals surface area contributed by atoms with E-state index in [1.165, 1.54) is 19.3 Å². The Kier molecular flexibility index (Phi) is 8.65. The lowest BCUT2D eigenvalue weighted by Crippen LogP contribution is -2.29. The molecule has 1 aliphatic rings. The van der Waals surface area contributed by atoms with Gasteiger partial charge in [-0.15, -0.1) is 0 Å². The summed E-state index contributed by atoms with van der Waals surface area (Å²) in [4.78, 5) is 20.0. The lowest BCUT2D eigenvalue weighted by Gasteiger charge is -2.25. The molecule has 0 aliphatic heterocycles. The maximum absolute atomic E-state index is 12.6. The number of aliphatic imine (C=N–C) groups is 1. The van der Waals surface area contributed by atoms with Crippen molar-refractivity contribution < 1.29 is 0 Å². The van der Waals surface area contributed by atoms with Gasteiger partial charge in [0.05, 0.1) is 17.4 Å². The largest absolute Gasteiger partial charge is 0.400 e. The first-order valence-electron chi connectivity index (χ1n) is 12.7. The molecule has 0 spiro atoms. The second-order valence-corrected chi connectivity index (χ2v) is 10.9. The molecule has 0 bridgehead atoms. The van der Waals surface area contributed by atoms with Crippen LogP contribution in [0.3, 0.4) is 0 Å². The molecule has 2 aromatic rings. The van der Waals surface area contributed by atoms with Crippen LogP contribution in [0.15, 0.2) is 58.2 Å². The molecule has 0 amide bonds. The van der Waals surface area contributed by atoms with Gasteiger partial charge >= 0.3 is 0 Å². The number of H-pyrrole nitrogens is 1. The topological polar surface area (TPSA) is 121 Å². The van der Waals surface area contributed by atoms with Crippen LogP contribution in [0.1, 0.15) is 83.9 Å². The number of pyridine rings is 1. The summed E-state index contributed by atoms with van der Waals surface area (Å²) in [6.07, 6.45) is 9.45. The summed E-state index contributed by atoms with van der Waals surface area (Å²) in [5.74, 6) is 0.562. The van der Waals surface area contributed by atoms with E-state index >= 15 is 0 Å². The first-order chi connectivity index (χ1) is 16.6. The molecule has 35 heavy (non-hydrogen) atoms. The van der Waals surface area contributed by atoms with Gasteiger partial charge in [0, 0.05) is 29.6 Å². The summed E-state index contributed by atoms with van der Waals surface area (Å²) < 4.78 is 0. The van der Waals surface area contributed by atoms with Crippen molar-refractivity contribution in [3.05, 3.63) is 69.9 Å². The average Bonchev–Trinajstić information content (AvgIpc) is 2.80. The smallest absolute Gasteiger partial charge is 0.261 e. The molecule has 0 saturated heterocycles. The van der Waals surface area contributed by atoms with Gasteiger partial charge in [-0.25, -0.2) is 4.99 Å². The van der Waals surface area contributed by atoms with E-state index in [-0.39, 0.29) is 22.9 Å². The van der Waals surface area contributed by atoms with Gasteiger partial charge in [-0.3, -0.25) is 4.79 Å². The van der Waals surface area contributed by atoms with Gasteiger partial charge < -0.3 is 27.1 Å². The van der Waals surface area contributed by atoms with Crippen molar-refractivity contribution in [3.8, 4) is 0 Å². The molecular formula is C28H42N6O. The Morgan fingerprint density at radius 3 is 2.34 bits per heavy atom. The van der Waals surface area contributed by atoms with Gasteiger partial charge in [-0.1, -0.05) is 66.0 Å². The van der Waals surface area contributed by atoms with Crippen LogP contribution in [-0.4, -0.2) is 16.9 Å². The zero-order valence-corrected chi connectivity index (χ0v) is 21.8. The third kappa shape index (κ3) is 7.13. The number of rotatable bonds is 8. The minimum Gasteiger partial charge on any atom is -0.400 e. The minimum absolute atomic E-state index is 0.0927. The van der Waals surface area contributed by atoms with E-state index in [1.807, 2.05) is 36.5 Å². The molecule has 190 valence electrons. The Morgan fingerprint density at radius 2 is 1.74 bits per heavy atom. The fourth-order valence-electron chi connectivity index (χ4n) is 4.34. The van der Waals surface area contributed by atoms with E-state index in [4.69, 9.17) is 11.5 Å². The third-order valence-corrected chi connectivity index (χ3v) is 6.63. The number of nitrogens with one attached hydrogen (secondary N) is 3. The van der Waals surface area contributed by atoms with Gasteiger partial charge in [0.2, 0.25) is 0 Å². The molecule has 1 saturated carbocycles. The van der Waals surface area contributed by atoms with E-state index in [2.05, 4.69) is 55.2 Å². The number of amidine groups is 1. The number of allylic oxidation sites excluding steroid dienone is 1. The number of hydrogen-bond donors (Lipinski definition) is 5. The molecule has 1 aliphatic carbocycles.